The summed E-state index contributed by atoms with van der Waals surface area (Å²) in [5.74, 6) is 0.120. The first-order valence-corrected chi connectivity index (χ1v) is 5.67. The minimum Gasteiger partial charge on any atom is -0.382 e. The van der Waals surface area contributed by atoms with Gasteiger partial charge >= 0.3 is 0 Å². The van der Waals surface area contributed by atoms with Crippen molar-refractivity contribution in [3.63, 3.8) is 0 Å². The van der Waals surface area contributed by atoms with E-state index in [4.69, 9.17) is 5.73 Å². The molecule has 1 amide bonds. The number of aromatic nitrogens is 2. The third kappa shape index (κ3) is 1.75. The minimum atomic E-state index is -0.193. The van der Waals surface area contributed by atoms with E-state index in [1.807, 2.05) is 0 Å². The van der Waals surface area contributed by atoms with Gasteiger partial charge in [0.25, 0.3) is 5.91 Å². The van der Waals surface area contributed by atoms with Crippen molar-refractivity contribution in [1.29, 1.82) is 0 Å². The molecule has 1 aromatic heterocycles. The van der Waals surface area contributed by atoms with Gasteiger partial charge in [-0.1, -0.05) is 27.7 Å². The maximum atomic E-state index is 11.9. The minimum absolute atomic E-state index is 0.115. The fourth-order valence-corrected chi connectivity index (χ4v) is 2.23. The standard InChI is InChI=1S/C12H18N4O/c1-11(2)10(12(11,3)4)14-9(17)7-5-6-8(13)16-15-7/h5-6,10H,1-4H3,(H2,13,16)(H,14,17). The molecule has 1 heterocycles. The van der Waals surface area contributed by atoms with Crippen molar-refractivity contribution in [3.05, 3.63) is 17.8 Å². The van der Waals surface area contributed by atoms with Gasteiger partial charge in [-0.05, 0) is 23.0 Å². The van der Waals surface area contributed by atoms with E-state index >= 15 is 0 Å². The average Bonchev–Trinajstić information content (AvgIpc) is 2.62. The zero-order valence-corrected chi connectivity index (χ0v) is 10.6. The van der Waals surface area contributed by atoms with Crippen molar-refractivity contribution < 1.29 is 4.79 Å². The molecule has 17 heavy (non-hydrogen) atoms. The van der Waals surface area contributed by atoms with Gasteiger partial charge in [-0.3, -0.25) is 4.79 Å². The molecule has 0 aromatic carbocycles. The van der Waals surface area contributed by atoms with Crippen LogP contribution < -0.4 is 11.1 Å². The summed E-state index contributed by atoms with van der Waals surface area (Å²) in [5, 5.41) is 10.4. The van der Waals surface area contributed by atoms with E-state index in [-0.39, 0.29) is 22.8 Å². The number of carbonyl (C=O) groups excluding carboxylic acids is 1. The van der Waals surface area contributed by atoms with Gasteiger partial charge in [0.1, 0.15) is 5.82 Å². The first-order valence-electron chi connectivity index (χ1n) is 5.67. The van der Waals surface area contributed by atoms with E-state index < -0.39 is 0 Å². The maximum absolute atomic E-state index is 11.9. The number of nitrogen functional groups attached to an aromatic ring is 1. The highest BCUT2D eigenvalue weighted by atomic mass is 16.2. The summed E-state index contributed by atoms with van der Waals surface area (Å²) in [6.07, 6.45) is 0. The lowest BCUT2D eigenvalue weighted by Gasteiger charge is -2.05. The molecule has 92 valence electrons. The second-order valence-corrected chi connectivity index (χ2v) is 5.69. The first kappa shape index (κ1) is 11.8. The van der Waals surface area contributed by atoms with Crippen LogP contribution in [-0.2, 0) is 0 Å². The van der Waals surface area contributed by atoms with Gasteiger partial charge in [-0.25, -0.2) is 0 Å². The van der Waals surface area contributed by atoms with Crippen molar-refractivity contribution in [3.8, 4) is 0 Å². The molecule has 1 fully saturated rings. The van der Waals surface area contributed by atoms with Gasteiger partial charge in [0.2, 0.25) is 0 Å². The van der Waals surface area contributed by atoms with E-state index in [0.29, 0.717) is 11.5 Å². The van der Waals surface area contributed by atoms with E-state index in [1.54, 1.807) is 12.1 Å². The molecule has 3 N–H and O–H groups in total. The Bertz CT molecular complexity index is 436. The highest BCUT2D eigenvalue weighted by Gasteiger charge is 2.65. The van der Waals surface area contributed by atoms with Crippen LogP contribution in [0.4, 0.5) is 5.82 Å². The molecular formula is C12H18N4O. The van der Waals surface area contributed by atoms with E-state index in [2.05, 4.69) is 43.2 Å². The number of anilines is 1. The van der Waals surface area contributed by atoms with Gasteiger partial charge in [0.05, 0.1) is 0 Å². The molecule has 0 atom stereocenters. The number of carbonyl (C=O) groups is 1. The molecule has 5 nitrogen and oxygen atoms in total. The van der Waals surface area contributed by atoms with Gasteiger partial charge in [0.15, 0.2) is 5.69 Å². The molecule has 1 aromatic rings. The van der Waals surface area contributed by atoms with E-state index in [9.17, 15) is 4.79 Å². The molecule has 1 aliphatic rings. The molecule has 1 saturated carbocycles. The molecule has 0 radical (unpaired) electrons. The molecular weight excluding hydrogens is 216 g/mol. The number of nitrogens with one attached hydrogen (secondary N) is 1. The number of hydrogen-bond acceptors (Lipinski definition) is 4. The second-order valence-electron chi connectivity index (χ2n) is 5.69. The highest BCUT2D eigenvalue weighted by Crippen LogP contribution is 2.62. The zero-order valence-electron chi connectivity index (χ0n) is 10.6. The summed E-state index contributed by atoms with van der Waals surface area (Å²) in [6.45, 7) is 8.58. The predicted molar refractivity (Wildman–Crippen MR) is 65.3 cm³/mol. The number of amides is 1. The van der Waals surface area contributed by atoms with Crippen LogP contribution in [0.3, 0.4) is 0 Å². The summed E-state index contributed by atoms with van der Waals surface area (Å²) in [4.78, 5) is 11.9. The van der Waals surface area contributed by atoms with Crippen molar-refractivity contribution >= 4 is 11.7 Å². The predicted octanol–water partition coefficient (Wildman–Crippen LogP) is 1.22. The van der Waals surface area contributed by atoms with Crippen LogP contribution in [0.15, 0.2) is 12.1 Å². The number of nitrogens with two attached hydrogens (primary N) is 1. The summed E-state index contributed by atoms with van der Waals surface area (Å²) in [7, 11) is 0. The van der Waals surface area contributed by atoms with Crippen molar-refractivity contribution in [2.45, 2.75) is 33.7 Å². The quantitative estimate of drug-likeness (QED) is 0.806. The summed E-state index contributed by atoms with van der Waals surface area (Å²) >= 11 is 0. The molecule has 0 unspecified atom stereocenters. The first-order chi connectivity index (χ1) is 7.76. The Morgan fingerprint density at radius 3 is 2.24 bits per heavy atom. The van der Waals surface area contributed by atoms with Crippen LogP contribution in [-0.4, -0.2) is 22.1 Å². The van der Waals surface area contributed by atoms with Crippen LogP contribution in [0.2, 0.25) is 0 Å². The molecule has 1 aliphatic carbocycles. The monoisotopic (exact) mass is 234 g/mol. The summed E-state index contributed by atoms with van der Waals surface area (Å²) < 4.78 is 0. The fourth-order valence-electron chi connectivity index (χ4n) is 2.23. The van der Waals surface area contributed by atoms with Crippen LogP contribution in [0.25, 0.3) is 0 Å². The smallest absolute Gasteiger partial charge is 0.272 e. The van der Waals surface area contributed by atoms with Crippen LogP contribution >= 0.6 is 0 Å². The summed E-state index contributed by atoms with van der Waals surface area (Å²) in [5.41, 5.74) is 5.95. The molecule has 0 spiro atoms. The Morgan fingerprint density at radius 2 is 1.82 bits per heavy atom. The Balaban J connectivity index is 2.07. The lowest BCUT2D eigenvalue weighted by Crippen LogP contribution is -2.30. The largest absolute Gasteiger partial charge is 0.382 e. The maximum Gasteiger partial charge on any atom is 0.272 e. The van der Waals surface area contributed by atoms with Gasteiger partial charge in [0, 0.05) is 6.04 Å². The third-order valence-corrected chi connectivity index (χ3v) is 4.21. The second kappa shape index (κ2) is 3.42. The van der Waals surface area contributed by atoms with Crippen molar-refractivity contribution in [1.82, 2.24) is 15.5 Å². The topological polar surface area (TPSA) is 80.9 Å². The fraction of sp³-hybridized carbons (Fsp3) is 0.583. The number of rotatable bonds is 2. The Morgan fingerprint density at radius 1 is 1.24 bits per heavy atom. The van der Waals surface area contributed by atoms with Crippen LogP contribution in [0, 0.1) is 10.8 Å². The normalized spacial score (nSPS) is 20.9. The molecule has 2 rings (SSSR count). The van der Waals surface area contributed by atoms with Crippen LogP contribution in [0.5, 0.6) is 0 Å². The molecule has 0 aliphatic heterocycles. The zero-order chi connectivity index (χ0) is 12.8. The van der Waals surface area contributed by atoms with Crippen LogP contribution in [0.1, 0.15) is 38.2 Å². The van der Waals surface area contributed by atoms with Crippen molar-refractivity contribution in [2.75, 3.05) is 5.73 Å². The Hall–Kier alpha value is -1.65. The molecule has 5 heteroatoms. The lowest BCUT2D eigenvalue weighted by molar-refractivity contribution is 0.0937. The SMILES string of the molecule is CC1(C)C(NC(=O)c2ccc(N)nn2)C1(C)C. The Kier molecular flexibility index (Phi) is 2.38. The average molecular weight is 234 g/mol. The Labute approximate surface area is 101 Å². The number of hydrogen-bond donors (Lipinski definition) is 2. The van der Waals surface area contributed by atoms with Gasteiger partial charge < -0.3 is 11.1 Å². The van der Waals surface area contributed by atoms with E-state index in [1.165, 1.54) is 0 Å². The third-order valence-electron chi connectivity index (χ3n) is 4.21. The van der Waals surface area contributed by atoms with Gasteiger partial charge in [-0.15, -0.1) is 10.2 Å². The van der Waals surface area contributed by atoms with Crippen molar-refractivity contribution in [2.24, 2.45) is 10.8 Å². The van der Waals surface area contributed by atoms with Gasteiger partial charge in [-0.2, -0.15) is 0 Å². The molecule has 0 saturated heterocycles. The highest BCUT2D eigenvalue weighted by molar-refractivity contribution is 5.92. The van der Waals surface area contributed by atoms with E-state index in [0.717, 1.165) is 0 Å². The molecule has 0 bridgehead atoms. The lowest BCUT2D eigenvalue weighted by atomic mass is 10.0. The number of nitrogens with zero attached hydrogens (tertiary/aromatic N) is 2. The summed E-state index contributed by atoms with van der Waals surface area (Å²) in [6, 6.07) is 3.33.